The van der Waals surface area contributed by atoms with Gasteiger partial charge in [-0.1, -0.05) is 213 Å². The van der Waals surface area contributed by atoms with Gasteiger partial charge in [0.1, 0.15) is 0 Å². The fraction of sp³-hybridized carbons (Fsp3) is 0.933. The highest BCUT2D eigenvalue weighted by Gasteiger charge is 2.43. The molecule has 0 fully saturated rings. The Labute approximate surface area is 321 Å². The quantitative estimate of drug-likeness (QED) is 0.0379. The zero-order chi connectivity index (χ0) is 38.2. The molecule has 0 rings (SSSR count). The van der Waals surface area contributed by atoms with Crippen LogP contribution in [-0.4, -0.2) is 48.4 Å². The summed E-state index contributed by atoms with van der Waals surface area (Å²) in [5.74, 6) is -2.34. The first kappa shape index (κ1) is 50.4. The van der Waals surface area contributed by atoms with Gasteiger partial charge < -0.3 is 19.3 Å². The number of hydrogen-bond donors (Lipinski definition) is 1. The minimum absolute atomic E-state index is 0.153. The average molecular weight is 739 g/mol. The van der Waals surface area contributed by atoms with Gasteiger partial charge in [0.15, 0.2) is 5.60 Å². The Morgan fingerprint density at radius 3 is 0.808 bits per heavy atom. The van der Waals surface area contributed by atoms with Gasteiger partial charge in [0.05, 0.1) is 32.7 Å². The average Bonchev–Trinajstić information content (AvgIpc) is 3.12. The largest absolute Gasteiger partial charge is 0.466 e. The summed E-state index contributed by atoms with van der Waals surface area (Å²) >= 11 is 0. The van der Waals surface area contributed by atoms with E-state index < -0.39 is 36.4 Å². The van der Waals surface area contributed by atoms with Crippen molar-refractivity contribution in [1.29, 1.82) is 0 Å². The first-order valence-electron chi connectivity index (χ1n) is 22.6. The molecule has 0 radical (unpaired) electrons. The molecule has 0 spiro atoms. The molecule has 0 aromatic carbocycles. The molecule has 1 N–H and O–H groups in total. The van der Waals surface area contributed by atoms with Crippen molar-refractivity contribution >= 4 is 17.9 Å². The van der Waals surface area contributed by atoms with Crippen molar-refractivity contribution in [2.75, 3.05) is 19.8 Å². The number of ether oxygens (including phenoxy) is 3. The lowest BCUT2D eigenvalue weighted by molar-refractivity contribution is -0.178. The predicted molar refractivity (Wildman–Crippen MR) is 216 cm³/mol. The molecule has 0 amide bonds. The molecule has 0 aliphatic carbocycles. The molecule has 0 unspecified atom stereocenters. The summed E-state index contributed by atoms with van der Waals surface area (Å²) in [4.78, 5) is 38.5. The van der Waals surface area contributed by atoms with Gasteiger partial charge in [0, 0.05) is 0 Å². The van der Waals surface area contributed by atoms with Crippen LogP contribution in [0.5, 0.6) is 0 Å². The van der Waals surface area contributed by atoms with Crippen LogP contribution in [0.3, 0.4) is 0 Å². The second kappa shape index (κ2) is 39.1. The van der Waals surface area contributed by atoms with Gasteiger partial charge in [0.2, 0.25) is 0 Å². The van der Waals surface area contributed by atoms with Crippen molar-refractivity contribution in [3.05, 3.63) is 0 Å². The summed E-state index contributed by atoms with van der Waals surface area (Å²) < 4.78 is 16.2. The Morgan fingerprint density at radius 1 is 0.346 bits per heavy atom. The van der Waals surface area contributed by atoms with E-state index in [2.05, 4.69) is 20.8 Å². The molecule has 7 heteroatoms. The molecule has 0 saturated carbocycles. The highest BCUT2D eigenvalue weighted by molar-refractivity contribution is 5.90. The van der Waals surface area contributed by atoms with E-state index >= 15 is 0 Å². The Hall–Kier alpha value is -1.63. The van der Waals surface area contributed by atoms with Crippen LogP contribution in [0.15, 0.2) is 0 Å². The van der Waals surface area contributed by atoms with Crippen LogP contribution in [0.4, 0.5) is 0 Å². The van der Waals surface area contributed by atoms with Crippen LogP contribution in [0.2, 0.25) is 0 Å². The Kier molecular flexibility index (Phi) is 37.8. The van der Waals surface area contributed by atoms with Gasteiger partial charge in [-0.05, 0) is 19.3 Å². The smallest absolute Gasteiger partial charge is 0.339 e. The van der Waals surface area contributed by atoms with Crippen LogP contribution < -0.4 is 0 Å². The normalized spacial score (nSPS) is 11.5. The minimum atomic E-state index is -2.29. The van der Waals surface area contributed by atoms with E-state index in [1.165, 1.54) is 154 Å². The van der Waals surface area contributed by atoms with Crippen molar-refractivity contribution in [2.45, 2.75) is 251 Å². The van der Waals surface area contributed by atoms with E-state index in [0.29, 0.717) is 6.42 Å². The molecule has 0 heterocycles. The van der Waals surface area contributed by atoms with Crippen LogP contribution in [0, 0.1) is 0 Å². The third-order valence-electron chi connectivity index (χ3n) is 10.3. The molecule has 0 saturated heterocycles. The Balaban J connectivity index is 4.51. The monoisotopic (exact) mass is 739 g/mol. The van der Waals surface area contributed by atoms with E-state index in [1.54, 1.807) is 0 Å². The zero-order valence-corrected chi connectivity index (χ0v) is 34.8. The maximum absolute atomic E-state index is 13.1. The molecular formula is C45H86O7. The molecule has 0 aliphatic rings. The van der Waals surface area contributed by atoms with Crippen molar-refractivity contribution in [2.24, 2.45) is 0 Å². The lowest BCUT2D eigenvalue weighted by Crippen LogP contribution is -2.45. The summed E-state index contributed by atoms with van der Waals surface area (Å²) in [6, 6.07) is 0. The molecule has 0 aliphatic heterocycles. The highest BCUT2D eigenvalue weighted by Crippen LogP contribution is 2.21. The van der Waals surface area contributed by atoms with Crippen molar-refractivity contribution in [1.82, 2.24) is 0 Å². The van der Waals surface area contributed by atoms with Gasteiger partial charge in [-0.2, -0.15) is 0 Å². The maximum atomic E-state index is 13.1. The Morgan fingerprint density at radius 2 is 0.558 bits per heavy atom. The number of carbonyl (C=O) groups excluding carboxylic acids is 3. The number of rotatable bonds is 41. The lowest BCUT2D eigenvalue weighted by atomic mass is 9.95. The fourth-order valence-electron chi connectivity index (χ4n) is 6.76. The minimum Gasteiger partial charge on any atom is -0.466 e. The summed E-state index contributed by atoms with van der Waals surface area (Å²) in [6.45, 7) is 7.35. The van der Waals surface area contributed by atoms with E-state index in [1.807, 2.05) is 0 Å². The number of esters is 3. The highest BCUT2D eigenvalue weighted by atomic mass is 16.6. The third kappa shape index (κ3) is 34.2. The summed E-state index contributed by atoms with van der Waals surface area (Å²) in [6.07, 6.45) is 38.0. The Bertz CT molecular complexity index is 757. The van der Waals surface area contributed by atoms with Gasteiger partial charge in [-0.25, -0.2) is 4.79 Å². The SMILES string of the molecule is CCCCCCCCCCCCCOC(=O)CC(O)(CC(=O)OCCCCCCCCCCCCC)C(=O)OCCCCCCCCCCCCC. The summed E-state index contributed by atoms with van der Waals surface area (Å²) in [7, 11) is 0. The topological polar surface area (TPSA) is 99.1 Å². The van der Waals surface area contributed by atoms with Crippen LogP contribution in [-0.2, 0) is 28.6 Å². The van der Waals surface area contributed by atoms with E-state index in [-0.39, 0.29) is 19.8 Å². The zero-order valence-electron chi connectivity index (χ0n) is 34.8. The molecule has 308 valence electrons. The molecule has 0 aromatic heterocycles. The van der Waals surface area contributed by atoms with Gasteiger partial charge in [-0.3, -0.25) is 9.59 Å². The van der Waals surface area contributed by atoms with Crippen molar-refractivity contribution in [3.8, 4) is 0 Å². The molecule has 0 bridgehead atoms. The second-order valence-corrected chi connectivity index (χ2v) is 15.6. The number of aliphatic hydroxyl groups is 1. The van der Waals surface area contributed by atoms with E-state index in [0.717, 1.165) is 51.4 Å². The van der Waals surface area contributed by atoms with Crippen LogP contribution in [0.25, 0.3) is 0 Å². The molecule has 0 atom stereocenters. The van der Waals surface area contributed by atoms with Crippen molar-refractivity contribution in [3.63, 3.8) is 0 Å². The van der Waals surface area contributed by atoms with E-state index in [9.17, 15) is 19.5 Å². The number of carbonyl (C=O) groups is 3. The third-order valence-corrected chi connectivity index (χ3v) is 10.3. The molecule has 0 aromatic rings. The fourth-order valence-corrected chi connectivity index (χ4v) is 6.76. The number of hydrogen-bond acceptors (Lipinski definition) is 7. The van der Waals surface area contributed by atoms with Crippen molar-refractivity contribution < 1.29 is 33.7 Å². The predicted octanol–water partition coefficient (Wildman–Crippen LogP) is 13.1. The standard InChI is InChI=1S/C45H86O7/c1-4-7-10-13-16-19-22-25-28-31-34-37-50-42(46)40-45(49,44(48)52-39-36-33-30-27-24-21-18-15-12-9-6-3)41-43(47)51-38-35-32-29-26-23-20-17-14-11-8-5-2/h49H,4-41H2,1-3H3. The number of unbranched alkanes of at least 4 members (excludes halogenated alkanes) is 30. The lowest BCUT2D eigenvalue weighted by Gasteiger charge is -2.24. The van der Waals surface area contributed by atoms with Gasteiger partial charge >= 0.3 is 17.9 Å². The van der Waals surface area contributed by atoms with E-state index in [4.69, 9.17) is 14.2 Å². The molecule has 7 nitrogen and oxygen atoms in total. The first-order chi connectivity index (χ1) is 25.4. The summed E-state index contributed by atoms with van der Waals surface area (Å²) in [5, 5.41) is 11.3. The van der Waals surface area contributed by atoms with Gasteiger partial charge in [0.25, 0.3) is 0 Å². The molecule has 52 heavy (non-hydrogen) atoms. The summed E-state index contributed by atoms with van der Waals surface area (Å²) in [5.41, 5.74) is -2.29. The van der Waals surface area contributed by atoms with Gasteiger partial charge in [-0.15, -0.1) is 0 Å². The second-order valence-electron chi connectivity index (χ2n) is 15.6. The first-order valence-corrected chi connectivity index (χ1v) is 22.6. The van der Waals surface area contributed by atoms with Crippen LogP contribution >= 0.6 is 0 Å². The van der Waals surface area contributed by atoms with Crippen LogP contribution in [0.1, 0.15) is 245 Å². The molecular weight excluding hydrogens is 652 g/mol. The maximum Gasteiger partial charge on any atom is 0.339 e.